The molecule has 0 N–H and O–H groups in total. The summed E-state index contributed by atoms with van der Waals surface area (Å²) in [5.41, 5.74) is 1.10. The molecular formula is C23H26N2O5S. The van der Waals surface area contributed by atoms with Crippen LogP contribution in [0.15, 0.2) is 63.9 Å². The Balaban J connectivity index is 1.60. The molecule has 1 aliphatic rings. The van der Waals surface area contributed by atoms with Gasteiger partial charge < -0.3 is 14.1 Å². The van der Waals surface area contributed by atoms with Crippen molar-refractivity contribution in [2.45, 2.75) is 24.8 Å². The second kappa shape index (κ2) is 8.82. The van der Waals surface area contributed by atoms with Crippen LogP contribution < -0.4 is 0 Å². The van der Waals surface area contributed by atoms with Gasteiger partial charge in [0.2, 0.25) is 10.0 Å². The van der Waals surface area contributed by atoms with E-state index in [0.717, 1.165) is 11.0 Å². The number of benzene rings is 2. The summed E-state index contributed by atoms with van der Waals surface area (Å²) in [7, 11) is -3.68. The molecule has 0 radical (unpaired) electrons. The van der Waals surface area contributed by atoms with Crippen LogP contribution in [0.4, 0.5) is 0 Å². The number of nitrogens with zero attached hydrogens (tertiary/aromatic N) is 2. The average Bonchev–Trinajstić information content (AvgIpc) is 3.24. The number of rotatable bonds is 6. The van der Waals surface area contributed by atoms with E-state index in [-0.39, 0.29) is 16.8 Å². The maximum Gasteiger partial charge on any atom is 0.254 e. The van der Waals surface area contributed by atoms with Gasteiger partial charge >= 0.3 is 0 Å². The number of sulfonamides is 1. The molecule has 4 rings (SSSR count). The van der Waals surface area contributed by atoms with Crippen LogP contribution in [0.2, 0.25) is 0 Å². The van der Waals surface area contributed by atoms with E-state index in [0.29, 0.717) is 44.2 Å². The molecule has 164 valence electrons. The molecule has 2 heterocycles. The number of para-hydroxylation sites is 1. The summed E-state index contributed by atoms with van der Waals surface area (Å²) >= 11 is 0. The molecule has 0 spiro atoms. The number of fused-ring (bicyclic) bond motifs is 1. The molecule has 1 atom stereocenters. The maximum atomic E-state index is 13.3. The normalized spacial score (nSPS) is 16.3. The third kappa shape index (κ3) is 4.23. The Morgan fingerprint density at radius 3 is 2.55 bits per heavy atom. The van der Waals surface area contributed by atoms with Gasteiger partial charge in [0.15, 0.2) is 0 Å². The van der Waals surface area contributed by atoms with Crippen molar-refractivity contribution in [2.24, 2.45) is 0 Å². The zero-order chi connectivity index (χ0) is 22.0. The van der Waals surface area contributed by atoms with Gasteiger partial charge in [-0.25, -0.2) is 8.42 Å². The van der Waals surface area contributed by atoms with E-state index in [1.165, 1.54) is 16.4 Å². The smallest absolute Gasteiger partial charge is 0.254 e. The van der Waals surface area contributed by atoms with Crippen LogP contribution in [0.25, 0.3) is 11.0 Å². The van der Waals surface area contributed by atoms with E-state index < -0.39 is 10.0 Å². The van der Waals surface area contributed by atoms with E-state index in [1.54, 1.807) is 17.0 Å². The molecule has 0 saturated carbocycles. The highest BCUT2D eigenvalue weighted by Crippen LogP contribution is 2.29. The monoisotopic (exact) mass is 442 g/mol. The number of hydrogen-bond donors (Lipinski definition) is 0. The Hall–Kier alpha value is -2.68. The minimum atomic E-state index is -3.68. The third-order valence-corrected chi connectivity index (χ3v) is 7.51. The van der Waals surface area contributed by atoms with E-state index in [2.05, 4.69) is 0 Å². The van der Waals surface area contributed by atoms with Crippen LogP contribution in [-0.4, -0.2) is 56.4 Å². The quantitative estimate of drug-likeness (QED) is 0.582. The molecule has 3 aromatic rings. The predicted molar refractivity (Wildman–Crippen MR) is 117 cm³/mol. The number of ether oxygens (including phenoxy) is 1. The molecule has 1 amide bonds. The number of furan rings is 1. The molecular weight excluding hydrogens is 416 g/mol. The van der Waals surface area contributed by atoms with Crippen LogP contribution in [-0.2, 0) is 14.8 Å². The summed E-state index contributed by atoms with van der Waals surface area (Å²) < 4.78 is 38.6. The van der Waals surface area contributed by atoms with Crippen molar-refractivity contribution in [2.75, 3.05) is 32.8 Å². The van der Waals surface area contributed by atoms with Crippen LogP contribution in [0.5, 0.6) is 0 Å². The lowest BCUT2D eigenvalue weighted by molar-refractivity contribution is 0.0684. The number of amides is 1. The lowest BCUT2D eigenvalue weighted by atomic mass is 10.1. The van der Waals surface area contributed by atoms with Gasteiger partial charge in [-0.3, -0.25) is 4.79 Å². The minimum Gasteiger partial charge on any atom is -0.459 e. The van der Waals surface area contributed by atoms with E-state index >= 15 is 0 Å². The summed E-state index contributed by atoms with van der Waals surface area (Å²) in [6.45, 7) is 5.62. The molecule has 0 bridgehead atoms. The second-order valence-corrected chi connectivity index (χ2v) is 9.44. The van der Waals surface area contributed by atoms with Gasteiger partial charge in [-0.1, -0.05) is 24.3 Å². The fraction of sp³-hybridized carbons (Fsp3) is 0.348. The first-order valence-electron chi connectivity index (χ1n) is 10.4. The Kier molecular flexibility index (Phi) is 6.13. The summed E-state index contributed by atoms with van der Waals surface area (Å²) in [6.07, 6.45) is 0. The standard InChI is InChI=1S/C23H26N2O5S/c1-3-25(17(2)22-16-18-7-4-5-10-21(18)30-22)23(26)19-8-6-9-20(15-19)31(27,28)24-11-13-29-14-12-24/h4-10,15-17H,3,11-14H2,1-2H3. The Morgan fingerprint density at radius 1 is 1.10 bits per heavy atom. The summed E-state index contributed by atoms with van der Waals surface area (Å²) in [5.74, 6) is 0.447. The Morgan fingerprint density at radius 2 is 1.84 bits per heavy atom. The zero-order valence-electron chi connectivity index (χ0n) is 17.7. The number of morpholine rings is 1. The summed E-state index contributed by atoms with van der Waals surface area (Å²) in [4.78, 5) is 15.1. The fourth-order valence-corrected chi connectivity index (χ4v) is 5.30. The third-order valence-electron chi connectivity index (χ3n) is 5.61. The average molecular weight is 443 g/mol. The van der Waals surface area contributed by atoms with Gasteiger partial charge in [-0.2, -0.15) is 4.31 Å². The lowest BCUT2D eigenvalue weighted by Crippen LogP contribution is -2.40. The number of hydrogen-bond acceptors (Lipinski definition) is 5. The van der Waals surface area contributed by atoms with Crippen molar-refractivity contribution < 1.29 is 22.4 Å². The lowest BCUT2D eigenvalue weighted by Gasteiger charge is -2.28. The van der Waals surface area contributed by atoms with Gasteiger partial charge in [0.1, 0.15) is 11.3 Å². The van der Waals surface area contributed by atoms with Gasteiger partial charge in [-0.05, 0) is 44.2 Å². The molecule has 1 aromatic heterocycles. The van der Waals surface area contributed by atoms with E-state index in [4.69, 9.17) is 9.15 Å². The molecule has 1 aliphatic heterocycles. The first kappa shape index (κ1) is 21.5. The van der Waals surface area contributed by atoms with Crippen LogP contribution in [0, 0.1) is 0 Å². The maximum absolute atomic E-state index is 13.3. The van der Waals surface area contributed by atoms with Gasteiger partial charge in [0.05, 0.1) is 24.2 Å². The molecule has 1 fully saturated rings. The Bertz CT molecular complexity index is 1150. The highest BCUT2D eigenvalue weighted by Gasteiger charge is 2.29. The van der Waals surface area contributed by atoms with Crippen LogP contribution >= 0.6 is 0 Å². The molecule has 1 unspecified atom stereocenters. The minimum absolute atomic E-state index is 0.118. The van der Waals surface area contributed by atoms with Crippen molar-refractivity contribution in [3.8, 4) is 0 Å². The highest BCUT2D eigenvalue weighted by molar-refractivity contribution is 7.89. The molecule has 7 nitrogen and oxygen atoms in total. The van der Waals surface area contributed by atoms with E-state index in [9.17, 15) is 13.2 Å². The zero-order valence-corrected chi connectivity index (χ0v) is 18.5. The van der Waals surface area contributed by atoms with Crippen molar-refractivity contribution >= 4 is 26.9 Å². The van der Waals surface area contributed by atoms with Crippen molar-refractivity contribution in [1.29, 1.82) is 0 Å². The second-order valence-electron chi connectivity index (χ2n) is 7.50. The summed E-state index contributed by atoms with van der Waals surface area (Å²) in [5, 5.41) is 0.978. The first-order valence-corrected chi connectivity index (χ1v) is 11.8. The molecule has 8 heteroatoms. The molecule has 1 saturated heterocycles. The van der Waals surface area contributed by atoms with Crippen molar-refractivity contribution in [3.05, 3.63) is 65.9 Å². The highest BCUT2D eigenvalue weighted by atomic mass is 32.2. The number of carbonyl (C=O) groups is 1. The van der Waals surface area contributed by atoms with Gasteiger partial charge in [0.25, 0.3) is 5.91 Å². The van der Waals surface area contributed by atoms with Gasteiger partial charge in [-0.15, -0.1) is 0 Å². The Labute approximate surface area is 182 Å². The predicted octanol–water partition coefficient (Wildman–Crippen LogP) is 3.68. The number of carbonyl (C=O) groups excluding carboxylic acids is 1. The molecule has 0 aliphatic carbocycles. The van der Waals surface area contributed by atoms with Gasteiger partial charge in [0, 0.05) is 30.6 Å². The molecule has 31 heavy (non-hydrogen) atoms. The van der Waals surface area contributed by atoms with E-state index in [1.807, 2.05) is 44.2 Å². The summed E-state index contributed by atoms with van der Waals surface area (Å²) in [6, 6.07) is 15.6. The molecule has 2 aromatic carbocycles. The largest absolute Gasteiger partial charge is 0.459 e. The van der Waals surface area contributed by atoms with Crippen molar-refractivity contribution in [1.82, 2.24) is 9.21 Å². The van der Waals surface area contributed by atoms with Crippen LogP contribution in [0.3, 0.4) is 0 Å². The topological polar surface area (TPSA) is 80.1 Å². The SMILES string of the molecule is CCN(C(=O)c1cccc(S(=O)(=O)N2CCOCC2)c1)C(C)c1cc2ccccc2o1. The van der Waals surface area contributed by atoms with Crippen LogP contribution in [0.1, 0.15) is 36.0 Å². The first-order chi connectivity index (χ1) is 14.9. The fourth-order valence-electron chi connectivity index (χ4n) is 3.85. The van der Waals surface area contributed by atoms with Crippen molar-refractivity contribution in [3.63, 3.8) is 0 Å².